The molecule has 3 aliphatic heterocycles. The summed E-state index contributed by atoms with van der Waals surface area (Å²) in [6.45, 7) is 15.0. The normalized spacial score (nSPS) is 46.6. The van der Waals surface area contributed by atoms with Crippen molar-refractivity contribution >= 4 is 20.6 Å². The molecule has 0 aromatic carbocycles. The quantitative estimate of drug-likeness (QED) is 0.562. The maximum absolute atomic E-state index is 4.81. The molecule has 1 N–H and O–H groups in total. The Balaban J connectivity index is 2.07. The molecule has 2 spiro atoms. The minimum absolute atomic E-state index is 0.937. The summed E-state index contributed by atoms with van der Waals surface area (Å²) < 4.78 is 0. The summed E-state index contributed by atoms with van der Waals surface area (Å²) in [5.41, 5.74) is 3.91. The van der Waals surface area contributed by atoms with Crippen molar-refractivity contribution in [2.45, 2.75) is 76.0 Å². The Morgan fingerprint density at radius 2 is 1.21 bits per heavy atom. The van der Waals surface area contributed by atoms with Gasteiger partial charge < -0.3 is 0 Å². The van der Waals surface area contributed by atoms with E-state index in [2.05, 4.69) is 40.0 Å². The average molecular weight is 299 g/mol. The van der Waals surface area contributed by atoms with Gasteiger partial charge in [0.05, 0.1) is 0 Å². The molecule has 3 heterocycles. The van der Waals surface area contributed by atoms with Gasteiger partial charge in [0.2, 0.25) is 0 Å². The van der Waals surface area contributed by atoms with Gasteiger partial charge in [0.15, 0.2) is 0 Å². The third-order valence-corrected chi connectivity index (χ3v) is 25.3. The van der Waals surface area contributed by atoms with Crippen molar-refractivity contribution in [1.29, 1.82) is 0 Å². The van der Waals surface area contributed by atoms with Gasteiger partial charge in [-0.3, -0.25) is 0 Å². The molecule has 3 fully saturated rings. The molecule has 110 valence electrons. The van der Waals surface area contributed by atoms with Gasteiger partial charge in [-0.15, -0.1) is 0 Å². The number of rotatable bonds is 1. The van der Waals surface area contributed by atoms with Gasteiger partial charge in [-0.25, -0.2) is 0 Å². The van der Waals surface area contributed by atoms with E-state index >= 15 is 0 Å². The van der Waals surface area contributed by atoms with Crippen LogP contribution in [0.4, 0.5) is 0 Å². The first kappa shape index (κ1) is 14.6. The van der Waals surface area contributed by atoms with Crippen LogP contribution in [0, 0.1) is 0 Å². The van der Waals surface area contributed by atoms with Crippen LogP contribution >= 0.6 is 14.3 Å². The SMILES string of the molecule is C=C1[PH]2(B(NC)[PH]13[C@H](C)CC[C@H]3C)[C@H](C)CC[C@H]2C. The van der Waals surface area contributed by atoms with Crippen molar-refractivity contribution < 1.29 is 0 Å². The average Bonchev–Trinajstić information content (AvgIpc) is 2.85. The zero-order valence-corrected chi connectivity index (χ0v) is 15.4. The van der Waals surface area contributed by atoms with Crippen molar-refractivity contribution in [2.24, 2.45) is 0 Å². The Hall–Kier alpha value is 0.625. The molecule has 0 bridgehead atoms. The predicted molar refractivity (Wildman–Crippen MR) is 96.9 cm³/mol. The van der Waals surface area contributed by atoms with Crippen LogP contribution in [0.3, 0.4) is 0 Å². The summed E-state index contributed by atoms with van der Waals surface area (Å²) in [5, 5.41) is 5.78. The van der Waals surface area contributed by atoms with Crippen LogP contribution in [0.5, 0.6) is 0 Å². The van der Waals surface area contributed by atoms with Crippen LogP contribution in [0.15, 0.2) is 11.6 Å². The molecular formula is C15H32BNP2. The van der Waals surface area contributed by atoms with Gasteiger partial charge in [0, 0.05) is 0 Å². The first-order valence-corrected chi connectivity index (χ1v) is 12.8. The van der Waals surface area contributed by atoms with E-state index in [9.17, 15) is 0 Å². The van der Waals surface area contributed by atoms with E-state index in [1.807, 2.05) is 5.06 Å². The van der Waals surface area contributed by atoms with Crippen molar-refractivity contribution in [1.82, 2.24) is 5.23 Å². The number of hydrogen-bond donors (Lipinski definition) is 1. The van der Waals surface area contributed by atoms with E-state index in [1.165, 1.54) is 25.7 Å². The second-order valence-electron chi connectivity index (χ2n) is 7.83. The summed E-state index contributed by atoms with van der Waals surface area (Å²) >= 11 is 0. The first-order chi connectivity index (χ1) is 8.94. The molecule has 3 aliphatic rings. The maximum atomic E-state index is 4.81. The molecule has 0 saturated carbocycles. The molecule has 0 aromatic heterocycles. The molecule has 0 aliphatic carbocycles. The van der Waals surface area contributed by atoms with E-state index in [1.54, 1.807) is 0 Å². The van der Waals surface area contributed by atoms with Crippen molar-refractivity contribution in [2.75, 3.05) is 7.05 Å². The predicted octanol–water partition coefficient (Wildman–Crippen LogP) is 4.32. The van der Waals surface area contributed by atoms with Crippen molar-refractivity contribution in [3.8, 4) is 0 Å². The van der Waals surface area contributed by atoms with Gasteiger partial charge >= 0.3 is 120 Å². The molecule has 0 amide bonds. The summed E-state index contributed by atoms with van der Waals surface area (Å²) in [7, 11) is -0.308. The number of hydrogen-bond acceptors (Lipinski definition) is 1. The van der Waals surface area contributed by atoms with Crippen molar-refractivity contribution in [3.05, 3.63) is 11.6 Å². The summed E-state index contributed by atoms with van der Waals surface area (Å²) in [5.74, 6) is 0. The topological polar surface area (TPSA) is 12.0 Å². The van der Waals surface area contributed by atoms with Gasteiger partial charge in [0.1, 0.15) is 0 Å². The van der Waals surface area contributed by atoms with Gasteiger partial charge in [-0.05, 0) is 0 Å². The molecule has 0 radical (unpaired) electrons. The molecule has 0 unspecified atom stereocenters. The zero-order valence-electron chi connectivity index (χ0n) is 13.4. The standard InChI is InChI=1S/C15H32BNP2/c1-11-7-8-12(2)18(11)15(5)19(16(18)17-6)13(3)9-10-14(19)4/h11-14,17-19H,5,7-10H2,1-4,6H3/t11-,12-,13-,14-/m1/s1. The second-order valence-corrected chi connectivity index (χ2v) is 18.9. The molecule has 1 nitrogen and oxygen atoms in total. The third kappa shape index (κ3) is 1.40. The van der Waals surface area contributed by atoms with Crippen LogP contribution in [-0.2, 0) is 0 Å². The van der Waals surface area contributed by atoms with Crippen LogP contribution in [0.1, 0.15) is 53.4 Å². The van der Waals surface area contributed by atoms with Crippen LogP contribution < -0.4 is 5.23 Å². The fraction of sp³-hybridized carbons (Fsp3) is 0.867. The number of nitrogens with one attached hydrogen (secondary N) is 1. The fourth-order valence-corrected chi connectivity index (χ4v) is 31.0. The van der Waals surface area contributed by atoms with E-state index < -0.39 is 14.3 Å². The Bertz CT molecular complexity index is 357. The van der Waals surface area contributed by atoms with E-state index in [0.29, 0.717) is 0 Å². The molecule has 3 rings (SSSR count). The van der Waals surface area contributed by atoms with Gasteiger partial charge in [-0.2, -0.15) is 0 Å². The monoisotopic (exact) mass is 299 g/mol. The minimum atomic E-state index is -1.28. The van der Waals surface area contributed by atoms with Gasteiger partial charge in [-0.1, -0.05) is 0 Å². The summed E-state index contributed by atoms with van der Waals surface area (Å²) in [6.07, 6.45) is 6.82. The van der Waals surface area contributed by atoms with Crippen molar-refractivity contribution in [3.63, 3.8) is 0 Å². The van der Waals surface area contributed by atoms with Gasteiger partial charge in [0.25, 0.3) is 0 Å². The molecule has 19 heavy (non-hydrogen) atoms. The Labute approximate surface area is 121 Å². The Morgan fingerprint density at radius 3 is 1.47 bits per heavy atom. The Kier molecular flexibility index (Phi) is 3.49. The third-order valence-electron chi connectivity index (χ3n) is 7.62. The summed E-state index contributed by atoms with van der Waals surface area (Å²) in [6, 6.07) is 0. The molecule has 3 saturated heterocycles. The fourth-order valence-electron chi connectivity index (χ4n) is 6.77. The molecule has 4 atom stereocenters. The van der Waals surface area contributed by atoms with Crippen LogP contribution in [0.25, 0.3) is 0 Å². The molecule has 4 heteroatoms. The molecular weight excluding hydrogens is 267 g/mol. The van der Waals surface area contributed by atoms with Crippen LogP contribution in [-0.4, -0.2) is 36.0 Å². The summed E-state index contributed by atoms with van der Waals surface area (Å²) in [4.78, 5) is 0. The first-order valence-electron chi connectivity index (χ1n) is 8.32. The van der Waals surface area contributed by atoms with E-state index in [0.717, 1.165) is 28.9 Å². The van der Waals surface area contributed by atoms with E-state index in [4.69, 9.17) is 6.58 Å². The van der Waals surface area contributed by atoms with Crippen LogP contribution in [0.2, 0.25) is 0 Å². The zero-order chi connectivity index (χ0) is 14.0. The molecule has 0 aromatic rings. The second kappa shape index (κ2) is 4.56. The van der Waals surface area contributed by atoms with E-state index in [-0.39, 0.29) is 0 Å². The Morgan fingerprint density at radius 1 is 0.895 bits per heavy atom.